The fourth-order valence-corrected chi connectivity index (χ4v) is 1.68. The highest BCUT2D eigenvalue weighted by molar-refractivity contribution is 5.96. The highest BCUT2D eigenvalue weighted by Crippen LogP contribution is 2.09. The summed E-state index contributed by atoms with van der Waals surface area (Å²) in [5.41, 5.74) is 1.31. The summed E-state index contributed by atoms with van der Waals surface area (Å²) in [7, 11) is 1.57. The molecule has 0 saturated carbocycles. The second-order valence-corrected chi connectivity index (χ2v) is 4.00. The van der Waals surface area contributed by atoms with E-state index in [4.69, 9.17) is 9.84 Å². The van der Waals surface area contributed by atoms with Crippen molar-refractivity contribution in [2.75, 3.05) is 20.2 Å². The maximum absolute atomic E-state index is 12.2. The molecule has 19 heavy (non-hydrogen) atoms. The van der Waals surface area contributed by atoms with E-state index in [1.165, 1.54) is 11.0 Å². The van der Waals surface area contributed by atoms with Crippen molar-refractivity contribution < 1.29 is 19.4 Å². The van der Waals surface area contributed by atoms with Crippen molar-refractivity contribution in [1.29, 1.82) is 0 Å². The average molecular weight is 263 g/mol. The smallest absolute Gasteiger partial charge is 0.323 e. The molecule has 0 bridgehead atoms. The van der Waals surface area contributed by atoms with E-state index in [1.807, 2.05) is 6.07 Å². The van der Waals surface area contributed by atoms with E-state index >= 15 is 0 Å². The third kappa shape index (κ3) is 4.56. The zero-order chi connectivity index (χ0) is 14.3. The van der Waals surface area contributed by atoms with Crippen LogP contribution < -0.4 is 0 Å². The van der Waals surface area contributed by atoms with Gasteiger partial charge in [0.25, 0.3) is 5.91 Å². The van der Waals surface area contributed by atoms with Gasteiger partial charge in [-0.1, -0.05) is 18.2 Å². The topological polar surface area (TPSA) is 66.8 Å². The van der Waals surface area contributed by atoms with Gasteiger partial charge in [-0.15, -0.1) is 6.58 Å². The summed E-state index contributed by atoms with van der Waals surface area (Å²) < 4.78 is 5.00. The average Bonchev–Trinajstić information content (AvgIpc) is 2.37. The van der Waals surface area contributed by atoms with E-state index in [-0.39, 0.29) is 19.0 Å². The third-order valence-electron chi connectivity index (χ3n) is 2.45. The number of carbonyl (C=O) groups excluding carboxylic acids is 1. The van der Waals surface area contributed by atoms with Crippen molar-refractivity contribution in [3.05, 3.63) is 48.0 Å². The van der Waals surface area contributed by atoms with Crippen LogP contribution in [0.2, 0.25) is 0 Å². The summed E-state index contributed by atoms with van der Waals surface area (Å²) >= 11 is 0. The van der Waals surface area contributed by atoms with Crippen LogP contribution in [-0.4, -0.2) is 42.1 Å². The van der Waals surface area contributed by atoms with Gasteiger partial charge in [-0.2, -0.15) is 0 Å². The number of aliphatic carboxylic acids is 1. The zero-order valence-electron chi connectivity index (χ0n) is 10.8. The molecule has 0 unspecified atom stereocenters. The predicted molar refractivity (Wildman–Crippen MR) is 70.9 cm³/mol. The van der Waals surface area contributed by atoms with Crippen molar-refractivity contribution in [3.8, 4) is 0 Å². The van der Waals surface area contributed by atoms with Crippen LogP contribution in [-0.2, 0) is 16.1 Å². The fraction of sp³-hybridized carbons (Fsp3) is 0.286. The Morgan fingerprint density at radius 2 is 2.21 bits per heavy atom. The van der Waals surface area contributed by atoms with Gasteiger partial charge in [0.1, 0.15) is 6.54 Å². The molecule has 1 N–H and O–H groups in total. The molecule has 0 saturated heterocycles. The molecule has 0 radical (unpaired) electrons. The lowest BCUT2D eigenvalue weighted by molar-refractivity contribution is -0.137. The van der Waals surface area contributed by atoms with Gasteiger partial charge in [0, 0.05) is 19.2 Å². The first-order chi connectivity index (χ1) is 9.08. The molecule has 1 aromatic rings. The molecular weight excluding hydrogens is 246 g/mol. The molecule has 5 heteroatoms. The Balaban J connectivity index is 2.91. The number of ether oxygens (including phenoxy) is 1. The summed E-state index contributed by atoms with van der Waals surface area (Å²) in [6.07, 6.45) is 1.50. The quantitative estimate of drug-likeness (QED) is 0.758. The summed E-state index contributed by atoms with van der Waals surface area (Å²) in [6.45, 7) is 3.77. The maximum Gasteiger partial charge on any atom is 0.323 e. The number of carbonyl (C=O) groups is 2. The molecule has 1 aromatic carbocycles. The van der Waals surface area contributed by atoms with E-state index in [0.29, 0.717) is 12.2 Å². The lowest BCUT2D eigenvalue weighted by atomic mass is 10.1. The summed E-state index contributed by atoms with van der Waals surface area (Å²) in [5, 5.41) is 8.80. The highest BCUT2D eigenvalue weighted by Gasteiger charge is 2.17. The number of hydrogen-bond donors (Lipinski definition) is 1. The van der Waals surface area contributed by atoms with Gasteiger partial charge in [-0.25, -0.2) is 0 Å². The molecular formula is C14H17NO4. The third-order valence-corrected chi connectivity index (χ3v) is 2.45. The van der Waals surface area contributed by atoms with Crippen LogP contribution in [0.5, 0.6) is 0 Å². The van der Waals surface area contributed by atoms with E-state index < -0.39 is 5.97 Å². The monoisotopic (exact) mass is 263 g/mol. The van der Waals surface area contributed by atoms with E-state index in [0.717, 1.165) is 5.56 Å². The fourth-order valence-electron chi connectivity index (χ4n) is 1.68. The molecule has 0 heterocycles. The Labute approximate surface area is 112 Å². The first kappa shape index (κ1) is 14.9. The Hall–Kier alpha value is -2.14. The van der Waals surface area contributed by atoms with Crippen LogP contribution in [0.25, 0.3) is 0 Å². The minimum atomic E-state index is -1.05. The van der Waals surface area contributed by atoms with Crippen LogP contribution in [0.1, 0.15) is 15.9 Å². The predicted octanol–water partition coefficient (Wildman–Crippen LogP) is 1.55. The Kier molecular flexibility index (Phi) is 5.75. The normalized spacial score (nSPS) is 9.95. The molecule has 1 rings (SSSR count). The van der Waals surface area contributed by atoms with Crippen molar-refractivity contribution >= 4 is 11.9 Å². The van der Waals surface area contributed by atoms with Crippen molar-refractivity contribution in [2.24, 2.45) is 0 Å². The Morgan fingerprint density at radius 3 is 2.79 bits per heavy atom. The van der Waals surface area contributed by atoms with E-state index in [9.17, 15) is 9.59 Å². The van der Waals surface area contributed by atoms with Gasteiger partial charge in [0.15, 0.2) is 0 Å². The molecule has 0 fully saturated rings. The summed E-state index contributed by atoms with van der Waals surface area (Å²) in [4.78, 5) is 24.2. The summed E-state index contributed by atoms with van der Waals surface area (Å²) in [6, 6.07) is 6.94. The molecule has 0 atom stereocenters. The first-order valence-electron chi connectivity index (χ1n) is 5.78. The van der Waals surface area contributed by atoms with Crippen molar-refractivity contribution in [3.63, 3.8) is 0 Å². The van der Waals surface area contributed by atoms with Gasteiger partial charge in [-0.05, 0) is 17.7 Å². The second-order valence-electron chi connectivity index (χ2n) is 4.00. The number of carboxylic acids is 1. The molecule has 102 valence electrons. The molecule has 0 aromatic heterocycles. The number of methoxy groups -OCH3 is 1. The van der Waals surface area contributed by atoms with Gasteiger partial charge in [-0.3, -0.25) is 9.59 Å². The second kappa shape index (κ2) is 7.33. The van der Waals surface area contributed by atoms with Crippen LogP contribution in [0, 0.1) is 0 Å². The molecule has 0 spiro atoms. The van der Waals surface area contributed by atoms with Crippen LogP contribution in [0.3, 0.4) is 0 Å². The lowest BCUT2D eigenvalue weighted by Gasteiger charge is -2.19. The largest absolute Gasteiger partial charge is 0.480 e. The van der Waals surface area contributed by atoms with Crippen LogP contribution in [0.4, 0.5) is 0 Å². The first-order valence-corrected chi connectivity index (χ1v) is 5.78. The number of carboxylic acid groups (broad SMARTS) is 1. The minimum absolute atomic E-state index is 0.194. The standard InChI is InChI=1S/C14H17NO4/c1-3-7-15(9-13(16)17)14(18)12-6-4-5-11(8-12)10-19-2/h3-6,8H,1,7,9-10H2,2H3,(H,16,17). The van der Waals surface area contributed by atoms with Gasteiger partial charge in [0.2, 0.25) is 0 Å². The maximum atomic E-state index is 12.2. The molecule has 5 nitrogen and oxygen atoms in total. The molecule has 0 aliphatic carbocycles. The SMILES string of the molecule is C=CCN(CC(=O)O)C(=O)c1cccc(COC)c1. The van der Waals surface area contributed by atoms with Gasteiger partial charge < -0.3 is 14.7 Å². The summed E-state index contributed by atoms with van der Waals surface area (Å²) in [5.74, 6) is -1.39. The molecule has 0 aliphatic heterocycles. The van der Waals surface area contributed by atoms with E-state index in [1.54, 1.807) is 25.3 Å². The van der Waals surface area contributed by atoms with E-state index in [2.05, 4.69) is 6.58 Å². The Morgan fingerprint density at radius 1 is 1.47 bits per heavy atom. The van der Waals surface area contributed by atoms with Gasteiger partial charge >= 0.3 is 5.97 Å². The highest BCUT2D eigenvalue weighted by atomic mass is 16.5. The number of amides is 1. The number of rotatable bonds is 7. The Bertz CT molecular complexity index is 470. The van der Waals surface area contributed by atoms with Crippen molar-refractivity contribution in [2.45, 2.75) is 6.61 Å². The zero-order valence-corrected chi connectivity index (χ0v) is 10.8. The molecule has 1 amide bonds. The van der Waals surface area contributed by atoms with Crippen LogP contribution >= 0.6 is 0 Å². The van der Waals surface area contributed by atoms with Crippen LogP contribution in [0.15, 0.2) is 36.9 Å². The number of hydrogen-bond acceptors (Lipinski definition) is 3. The molecule has 0 aliphatic rings. The van der Waals surface area contributed by atoms with Gasteiger partial charge in [0.05, 0.1) is 6.61 Å². The lowest BCUT2D eigenvalue weighted by Crippen LogP contribution is -2.35. The minimum Gasteiger partial charge on any atom is -0.480 e. The number of nitrogens with zero attached hydrogens (tertiary/aromatic N) is 1. The van der Waals surface area contributed by atoms with Crippen molar-refractivity contribution in [1.82, 2.24) is 4.90 Å². The number of benzene rings is 1.